The van der Waals surface area contributed by atoms with Crippen molar-refractivity contribution in [2.75, 3.05) is 12.4 Å². The lowest BCUT2D eigenvalue weighted by molar-refractivity contribution is -0.136. The third-order valence-electron chi connectivity index (χ3n) is 5.06. The minimum atomic E-state index is -0.859. The molecule has 0 spiro atoms. The van der Waals surface area contributed by atoms with Crippen molar-refractivity contribution in [1.29, 1.82) is 0 Å². The zero-order valence-electron chi connectivity index (χ0n) is 18.9. The van der Waals surface area contributed by atoms with Crippen LogP contribution in [0.15, 0.2) is 71.8 Å². The van der Waals surface area contributed by atoms with Gasteiger partial charge in [0.2, 0.25) is 0 Å². The molecule has 0 aliphatic carbocycles. The number of nitrogens with one attached hydrogen (secondary N) is 2. The van der Waals surface area contributed by atoms with Gasteiger partial charge < -0.3 is 14.8 Å². The third-order valence-corrected chi connectivity index (χ3v) is 5.06. The van der Waals surface area contributed by atoms with E-state index in [-0.39, 0.29) is 0 Å². The minimum absolute atomic E-state index is 0.419. The summed E-state index contributed by atoms with van der Waals surface area (Å²) >= 11 is 0. The van der Waals surface area contributed by atoms with Crippen LogP contribution in [0.4, 0.5) is 5.69 Å². The number of aryl methyl sites for hydroxylation is 2. The van der Waals surface area contributed by atoms with Gasteiger partial charge in [0.1, 0.15) is 6.61 Å². The average Bonchev–Trinajstić information content (AvgIpc) is 2.84. The zero-order valence-corrected chi connectivity index (χ0v) is 18.9. The van der Waals surface area contributed by atoms with Gasteiger partial charge in [-0.05, 0) is 59.9 Å². The molecule has 7 nitrogen and oxygen atoms in total. The second kappa shape index (κ2) is 11.5. The smallest absolute Gasteiger partial charge is 0.329 e. The molecular formula is C26H27N3O4. The Morgan fingerprint density at radius 2 is 1.67 bits per heavy atom. The lowest BCUT2D eigenvalue weighted by Crippen LogP contribution is -2.32. The summed E-state index contributed by atoms with van der Waals surface area (Å²) < 4.78 is 11.3. The molecule has 0 unspecified atom stereocenters. The quantitative estimate of drug-likeness (QED) is 0.308. The molecule has 3 aromatic rings. The third kappa shape index (κ3) is 6.43. The van der Waals surface area contributed by atoms with Crippen LogP contribution >= 0.6 is 0 Å². The molecule has 0 bridgehead atoms. The number of benzene rings is 3. The zero-order chi connectivity index (χ0) is 23.6. The summed E-state index contributed by atoms with van der Waals surface area (Å²) in [4.78, 5) is 24.2. The summed E-state index contributed by atoms with van der Waals surface area (Å²) in [6.45, 7) is 4.43. The molecule has 0 radical (unpaired) electrons. The number of para-hydroxylation sites is 1. The molecule has 33 heavy (non-hydrogen) atoms. The van der Waals surface area contributed by atoms with Crippen molar-refractivity contribution in [3.8, 4) is 11.5 Å². The highest BCUT2D eigenvalue weighted by molar-refractivity contribution is 6.39. The first-order valence-corrected chi connectivity index (χ1v) is 10.6. The number of rotatable bonds is 8. The van der Waals surface area contributed by atoms with E-state index in [1.807, 2.05) is 50.2 Å². The largest absolute Gasteiger partial charge is 0.493 e. The Kier molecular flexibility index (Phi) is 8.18. The maximum Gasteiger partial charge on any atom is 0.329 e. The number of hydrogen-bond acceptors (Lipinski definition) is 5. The Balaban J connectivity index is 1.58. The fraction of sp³-hybridized carbons (Fsp3) is 0.192. The Bertz CT molecular complexity index is 1160. The molecule has 0 aliphatic rings. The van der Waals surface area contributed by atoms with E-state index in [1.54, 1.807) is 37.4 Å². The fourth-order valence-electron chi connectivity index (χ4n) is 3.16. The topological polar surface area (TPSA) is 89.0 Å². The van der Waals surface area contributed by atoms with Crippen molar-refractivity contribution in [1.82, 2.24) is 5.43 Å². The predicted octanol–water partition coefficient (Wildman–Crippen LogP) is 4.23. The first kappa shape index (κ1) is 23.5. The number of amides is 2. The number of carbonyl (C=O) groups is 2. The van der Waals surface area contributed by atoms with Crippen LogP contribution in [0.1, 0.15) is 29.2 Å². The SMILES string of the molecule is CCc1ccccc1NC(=O)C(=O)NN=Cc1ccc(OCc2ccccc2C)c(OC)c1. The van der Waals surface area contributed by atoms with E-state index in [0.717, 1.165) is 23.1 Å². The Morgan fingerprint density at radius 1 is 0.939 bits per heavy atom. The van der Waals surface area contributed by atoms with Gasteiger partial charge in [0.25, 0.3) is 0 Å². The van der Waals surface area contributed by atoms with Gasteiger partial charge >= 0.3 is 11.8 Å². The molecule has 7 heteroatoms. The van der Waals surface area contributed by atoms with Crippen LogP contribution in [0.25, 0.3) is 0 Å². The van der Waals surface area contributed by atoms with Crippen molar-refractivity contribution in [3.63, 3.8) is 0 Å². The normalized spacial score (nSPS) is 10.6. The van der Waals surface area contributed by atoms with Crippen molar-refractivity contribution in [2.24, 2.45) is 5.10 Å². The first-order valence-electron chi connectivity index (χ1n) is 10.6. The summed E-state index contributed by atoms with van der Waals surface area (Å²) in [6.07, 6.45) is 2.17. The first-order chi connectivity index (χ1) is 16.0. The molecule has 3 rings (SSSR count). The van der Waals surface area contributed by atoms with E-state index < -0.39 is 11.8 Å². The average molecular weight is 446 g/mol. The number of methoxy groups -OCH3 is 1. The van der Waals surface area contributed by atoms with E-state index in [4.69, 9.17) is 9.47 Å². The lowest BCUT2D eigenvalue weighted by atomic mass is 10.1. The van der Waals surface area contributed by atoms with Crippen LogP contribution in [-0.4, -0.2) is 25.1 Å². The number of hydrogen-bond donors (Lipinski definition) is 2. The molecule has 0 saturated heterocycles. The van der Waals surface area contributed by atoms with Crippen molar-refractivity contribution < 1.29 is 19.1 Å². The van der Waals surface area contributed by atoms with Crippen LogP contribution in [0.2, 0.25) is 0 Å². The maximum absolute atomic E-state index is 12.1. The van der Waals surface area contributed by atoms with Crippen LogP contribution in [-0.2, 0) is 22.6 Å². The van der Waals surface area contributed by atoms with Crippen LogP contribution in [0.3, 0.4) is 0 Å². The molecule has 0 heterocycles. The summed E-state index contributed by atoms with van der Waals surface area (Å²) in [6, 6.07) is 20.6. The van der Waals surface area contributed by atoms with E-state index in [9.17, 15) is 9.59 Å². The molecule has 0 saturated carbocycles. The molecule has 2 N–H and O–H groups in total. The number of ether oxygens (including phenoxy) is 2. The van der Waals surface area contributed by atoms with Gasteiger partial charge in [-0.1, -0.05) is 49.4 Å². The van der Waals surface area contributed by atoms with Gasteiger partial charge in [-0.25, -0.2) is 5.43 Å². The molecule has 0 atom stereocenters. The van der Waals surface area contributed by atoms with Gasteiger partial charge in [0, 0.05) is 5.69 Å². The van der Waals surface area contributed by atoms with Gasteiger partial charge in [0.15, 0.2) is 11.5 Å². The van der Waals surface area contributed by atoms with E-state index in [0.29, 0.717) is 29.4 Å². The molecule has 0 aromatic heterocycles. The maximum atomic E-state index is 12.1. The Hall–Kier alpha value is -4.13. The highest BCUT2D eigenvalue weighted by Gasteiger charge is 2.14. The second-order valence-electron chi connectivity index (χ2n) is 7.29. The predicted molar refractivity (Wildman–Crippen MR) is 129 cm³/mol. The van der Waals surface area contributed by atoms with E-state index in [2.05, 4.69) is 15.8 Å². The molecule has 0 fully saturated rings. The minimum Gasteiger partial charge on any atom is -0.493 e. The Labute approximate surface area is 193 Å². The molecule has 3 aromatic carbocycles. The monoisotopic (exact) mass is 445 g/mol. The molecule has 0 aliphatic heterocycles. The summed E-state index contributed by atoms with van der Waals surface area (Å²) in [5.41, 5.74) is 6.71. The number of carbonyl (C=O) groups excluding carboxylic acids is 2. The van der Waals surface area contributed by atoms with Crippen LogP contribution in [0.5, 0.6) is 11.5 Å². The fourth-order valence-corrected chi connectivity index (χ4v) is 3.16. The van der Waals surface area contributed by atoms with Crippen LogP contribution in [0, 0.1) is 6.92 Å². The Morgan fingerprint density at radius 3 is 2.39 bits per heavy atom. The lowest BCUT2D eigenvalue weighted by Gasteiger charge is -2.12. The number of nitrogens with zero attached hydrogens (tertiary/aromatic N) is 1. The summed E-state index contributed by atoms with van der Waals surface area (Å²) in [7, 11) is 1.55. The van der Waals surface area contributed by atoms with Gasteiger partial charge in [-0.15, -0.1) is 0 Å². The van der Waals surface area contributed by atoms with E-state index in [1.165, 1.54) is 6.21 Å². The van der Waals surface area contributed by atoms with Crippen molar-refractivity contribution >= 4 is 23.7 Å². The summed E-state index contributed by atoms with van der Waals surface area (Å²) in [5, 5.41) is 6.48. The van der Waals surface area contributed by atoms with Crippen molar-refractivity contribution in [3.05, 3.63) is 89.0 Å². The molecule has 170 valence electrons. The van der Waals surface area contributed by atoms with Gasteiger partial charge in [-0.2, -0.15) is 5.10 Å². The standard InChI is InChI=1S/C26H27N3O4/c1-4-20-10-7-8-12-22(20)28-25(30)26(31)29-27-16-19-13-14-23(24(15-19)32-3)33-17-21-11-6-5-9-18(21)2/h5-16H,4,17H2,1-3H3,(H,28,30)(H,29,31). The highest BCUT2D eigenvalue weighted by atomic mass is 16.5. The van der Waals surface area contributed by atoms with Crippen molar-refractivity contribution in [2.45, 2.75) is 26.9 Å². The number of hydrazone groups is 1. The van der Waals surface area contributed by atoms with E-state index >= 15 is 0 Å². The van der Waals surface area contributed by atoms with Gasteiger partial charge in [-0.3, -0.25) is 9.59 Å². The molecule has 2 amide bonds. The molecular weight excluding hydrogens is 418 g/mol. The summed E-state index contributed by atoms with van der Waals surface area (Å²) in [5.74, 6) is -0.517. The van der Waals surface area contributed by atoms with Gasteiger partial charge in [0.05, 0.1) is 13.3 Å². The van der Waals surface area contributed by atoms with Crippen LogP contribution < -0.4 is 20.2 Å². The highest BCUT2D eigenvalue weighted by Crippen LogP contribution is 2.28. The number of anilines is 1. The second-order valence-corrected chi connectivity index (χ2v) is 7.29.